The van der Waals surface area contributed by atoms with E-state index in [-0.39, 0.29) is 11.9 Å². The molecule has 6 heteroatoms. The van der Waals surface area contributed by atoms with Crippen molar-refractivity contribution in [2.45, 2.75) is 64.6 Å². The second-order valence-electron chi connectivity index (χ2n) is 11.4. The van der Waals surface area contributed by atoms with Crippen LogP contribution in [0, 0.1) is 0 Å². The zero-order valence-electron chi connectivity index (χ0n) is 25.0. The first-order valence-corrected chi connectivity index (χ1v) is 15.3. The fourth-order valence-electron chi connectivity index (χ4n) is 5.80. The molecule has 1 aliphatic heterocycles. The maximum absolute atomic E-state index is 14.0. The Balaban J connectivity index is 1.30. The highest BCUT2D eigenvalue weighted by Gasteiger charge is 2.29. The minimum atomic E-state index is 0.126. The van der Waals surface area contributed by atoms with Crippen LogP contribution in [-0.4, -0.2) is 51.9 Å². The van der Waals surface area contributed by atoms with Crippen LogP contribution in [0.4, 0.5) is 11.4 Å². The lowest BCUT2D eigenvalue weighted by molar-refractivity contribution is 0.0543. The van der Waals surface area contributed by atoms with E-state index in [1.165, 1.54) is 30.4 Å². The maximum atomic E-state index is 14.0. The average molecular weight is 562 g/mol. The second-order valence-corrected chi connectivity index (χ2v) is 11.4. The van der Waals surface area contributed by atoms with Gasteiger partial charge in [-0.3, -0.25) is 19.7 Å². The van der Waals surface area contributed by atoms with Crippen LogP contribution < -0.4 is 4.90 Å². The summed E-state index contributed by atoms with van der Waals surface area (Å²) in [6, 6.07) is 25.3. The number of likely N-dealkylation sites (tertiary alicyclic amines) is 1. The van der Waals surface area contributed by atoms with Crippen molar-refractivity contribution in [2.75, 3.05) is 25.0 Å². The van der Waals surface area contributed by atoms with Gasteiger partial charge in [0.2, 0.25) is 0 Å². The van der Waals surface area contributed by atoms with Gasteiger partial charge < -0.3 is 9.80 Å². The van der Waals surface area contributed by atoms with Gasteiger partial charge in [-0.05, 0) is 90.9 Å². The lowest BCUT2D eigenvalue weighted by Gasteiger charge is -2.39. The van der Waals surface area contributed by atoms with Crippen molar-refractivity contribution in [2.24, 2.45) is 0 Å². The smallest absolute Gasteiger partial charge is 0.254 e. The van der Waals surface area contributed by atoms with Gasteiger partial charge in [-0.2, -0.15) is 0 Å². The summed E-state index contributed by atoms with van der Waals surface area (Å²) in [5, 5.41) is 0. The number of benzene rings is 2. The van der Waals surface area contributed by atoms with Gasteiger partial charge >= 0.3 is 0 Å². The lowest BCUT2D eigenvalue weighted by Crippen LogP contribution is -2.46. The Morgan fingerprint density at radius 2 is 1.36 bits per heavy atom. The van der Waals surface area contributed by atoms with Crippen LogP contribution in [0.25, 0.3) is 0 Å². The lowest BCUT2D eigenvalue weighted by atomic mass is 9.99. The van der Waals surface area contributed by atoms with E-state index in [1.807, 2.05) is 49.1 Å². The highest BCUT2D eigenvalue weighted by Crippen LogP contribution is 2.26. The van der Waals surface area contributed by atoms with Crippen molar-refractivity contribution in [3.8, 4) is 0 Å². The number of pyridine rings is 2. The number of anilines is 2. The summed E-state index contributed by atoms with van der Waals surface area (Å²) in [5.41, 5.74) is 6.71. The number of rotatable bonds is 12. The first kappa shape index (κ1) is 29.5. The van der Waals surface area contributed by atoms with Gasteiger partial charge in [0.25, 0.3) is 5.91 Å². The minimum Gasteiger partial charge on any atom is -0.345 e. The van der Waals surface area contributed by atoms with E-state index >= 15 is 0 Å². The topological polar surface area (TPSA) is 52.6 Å². The zero-order chi connectivity index (χ0) is 29.1. The molecule has 0 aliphatic carbocycles. The van der Waals surface area contributed by atoms with E-state index in [0.29, 0.717) is 6.54 Å². The number of unbranched alkanes of at least 4 members (excludes halogenated alkanes) is 2. The van der Waals surface area contributed by atoms with Gasteiger partial charge in [0, 0.05) is 81.0 Å². The van der Waals surface area contributed by atoms with E-state index in [2.05, 4.69) is 87.2 Å². The van der Waals surface area contributed by atoms with E-state index in [1.54, 1.807) is 0 Å². The van der Waals surface area contributed by atoms with Crippen molar-refractivity contribution in [1.82, 2.24) is 19.8 Å². The summed E-state index contributed by atoms with van der Waals surface area (Å²) in [7, 11) is 2.06. The molecular formula is C36H43N5O. The van der Waals surface area contributed by atoms with E-state index < -0.39 is 0 Å². The summed E-state index contributed by atoms with van der Waals surface area (Å²) < 4.78 is 0. The third-order valence-corrected chi connectivity index (χ3v) is 8.41. The molecule has 0 spiro atoms. The van der Waals surface area contributed by atoms with Gasteiger partial charge in [-0.1, -0.05) is 44.0 Å². The van der Waals surface area contributed by atoms with Crippen LogP contribution >= 0.6 is 0 Å². The molecule has 2 aromatic heterocycles. The Kier molecular flexibility index (Phi) is 10.3. The van der Waals surface area contributed by atoms with Crippen molar-refractivity contribution in [1.29, 1.82) is 0 Å². The molecule has 4 aromatic rings. The molecule has 1 fully saturated rings. The molecule has 1 amide bonds. The van der Waals surface area contributed by atoms with Crippen LogP contribution in [0.15, 0.2) is 97.6 Å². The number of amides is 1. The number of hydrogen-bond acceptors (Lipinski definition) is 5. The maximum Gasteiger partial charge on any atom is 0.254 e. The molecular weight excluding hydrogens is 518 g/mol. The third kappa shape index (κ3) is 7.83. The molecule has 0 radical (unpaired) electrons. The minimum absolute atomic E-state index is 0.126. The third-order valence-electron chi connectivity index (χ3n) is 8.41. The number of aromatic nitrogens is 2. The molecule has 0 saturated carbocycles. The van der Waals surface area contributed by atoms with Crippen molar-refractivity contribution in [3.63, 3.8) is 0 Å². The number of hydrogen-bond donors (Lipinski definition) is 0. The molecule has 3 heterocycles. The fourth-order valence-corrected chi connectivity index (χ4v) is 5.80. The van der Waals surface area contributed by atoms with Gasteiger partial charge in [0.05, 0.1) is 0 Å². The molecule has 1 aliphatic rings. The summed E-state index contributed by atoms with van der Waals surface area (Å²) >= 11 is 0. The van der Waals surface area contributed by atoms with Crippen molar-refractivity contribution >= 4 is 17.3 Å². The Morgan fingerprint density at radius 1 is 0.762 bits per heavy atom. The molecule has 0 N–H and O–H groups in total. The Morgan fingerprint density at radius 3 is 2.00 bits per heavy atom. The Labute approximate surface area is 251 Å². The molecule has 0 bridgehead atoms. The predicted molar refractivity (Wildman–Crippen MR) is 171 cm³/mol. The molecule has 0 atom stereocenters. The normalized spacial score (nSPS) is 14.0. The second kappa shape index (κ2) is 14.7. The molecule has 6 nitrogen and oxygen atoms in total. The van der Waals surface area contributed by atoms with E-state index in [4.69, 9.17) is 0 Å². The van der Waals surface area contributed by atoms with Gasteiger partial charge in [0.15, 0.2) is 0 Å². The van der Waals surface area contributed by atoms with Crippen LogP contribution in [0.1, 0.15) is 66.1 Å². The summed E-state index contributed by atoms with van der Waals surface area (Å²) in [6.45, 7) is 5.71. The van der Waals surface area contributed by atoms with Crippen LogP contribution in [0.2, 0.25) is 0 Å². The number of nitrogens with zero attached hydrogens (tertiary/aromatic N) is 5. The molecule has 2 aromatic carbocycles. The van der Waals surface area contributed by atoms with E-state index in [0.717, 1.165) is 61.4 Å². The highest BCUT2D eigenvalue weighted by molar-refractivity contribution is 5.94. The van der Waals surface area contributed by atoms with Gasteiger partial charge in [0.1, 0.15) is 0 Å². The number of aryl methyl sites for hydroxylation is 1. The number of carbonyl (C=O) groups is 1. The Bertz CT molecular complexity index is 1370. The largest absolute Gasteiger partial charge is 0.345 e. The predicted octanol–water partition coefficient (Wildman–Crippen LogP) is 7.28. The van der Waals surface area contributed by atoms with Gasteiger partial charge in [-0.15, -0.1) is 0 Å². The summed E-state index contributed by atoms with van der Waals surface area (Å²) in [4.78, 5) is 29.1. The highest BCUT2D eigenvalue weighted by atomic mass is 16.2. The SMILES string of the molecule is CCCCCc1ccc(C(=O)N(Cc2ccc(N(C)c3ccncc3)cc2)C2CCN(Cc3ccncc3)CC2)cc1. The van der Waals surface area contributed by atoms with Crippen molar-refractivity contribution in [3.05, 3.63) is 120 Å². The standard InChI is InChI=1S/C36H43N5O/c1-3-4-5-6-29-7-11-32(12-8-29)36(42)41(35-19-25-40(26-20-35)27-31-15-21-37-22-16-31)28-30-9-13-33(14-10-30)39(2)34-17-23-38-24-18-34/h7-18,21-24,35H,3-6,19-20,25-28H2,1-2H3. The quantitative estimate of drug-likeness (QED) is 0.170. The monoisotopic (exact) mass is 561 g/mol. The molecule has 42 heavy (non-hydrogen) atoms. The zero-order valence-corrected chi connectivity index (χ0v) is 25.0. The van der Waals surface area contributed by atoms with Crippen LogP contribution in [0.5, 0.6) is 0 Å². The molecule has 218 valence electrons. The fraction of sp³-hybridized carbons (Fsp3) is 0.361. The first-order valence-electron chi connectivity index (χ1n) is 15.3. The van der Waals surface area contributed by atoms with Crippen molar-refractivity contribution < 1.29 is 4.79 Å². The number of piperidine rings is 1. The molecule has 1 saturated heterocycles. The van der Waals surface area contributed by atoms with Gasteiger partial charge in [-0.25, -0.2) is 0 Å². The first-order chi connectivity index (χ1) is 20.6. The van der Waals surface area contributed by atoms with Crippen LogP contribution in [0.3, 0.4) is 0 Å². The number of carbonyl (C=O) groups excluding carboxylic acids is 1. The van der Waals surface area contributed by atoms with Crippen LogP contribution in [-0.2, 0) is 19.5 Å². The Hall–Kier alpha value is -4.03. The summed E-state index contributed by atoms with van der Waals surface area (Å²) in [5.74, 6) is 0.126. The average Bonchev–Trinajstić information content (AvgIpc) is 3.05. The summed E-state index contributed by atoms with van der Waals surface area (Å²) in [6.07, 6.45) is 14.0. The molecule has 0 unspecified atom stereocenters. The molecule has 5 rings (SSSR count). The van der Waals surface area contributed by atoms with E-state index in [9.17, 15) is 4.79 Å².